The third-order valence-corrected chi connectivity index (χ3v) is 4.32. The second-order valence-electron chi connectivity index (χ2n) is 5.88. The van der Waals surface area contributed by atoms with E-state index in [0.29, 0.717) is 12.5 Å². The predicted octanol–water partition coefficient (Wildman–Crippen LogP) is 1.67. The van der Waals surface area contributed by atoms with Crippen molar-refractivity contribution in [2.75, 3.05) is 24.6 Å². The number of hydrogen-bond donors (Lipinski definition) is 1. The Morgan fingerprint density at radius 3 is 2.77 bits per heavy atom. The lowest BCUT2D eigenvalue weighted by atomic mass is 9.93. The molecule has 0 aromatic carbocycles. The van der Waals surface area contributed by atoms with Crippen LogP contribution in [0.25, 0.3) is 0 Å². The van der Waals surface area contributed by atoms with Gasteiger partial charge in [-0.3, -0.25) is 9.67 Å². The Morgan fingerprint density at radius 1 is 1.27 bits per heavy atom. The van der Waals surface area contributed by atoms with Crippen molar-refractivity contribution < 1.29 is 5.11 Å². The van der Waals surface area contributed by atoms with Gasteiger partial charge in [0.2, 0.25) is 0 Å². The number of rotatable bonds is 4. The normalized spacial score (nSPS) is 16.2. The highest BCUT2D eigenvalue weighted by molar-refractivity contribution is 5.43. The first kappa shape index (κ1) is 15.0. The quantitative estimate of drug-likeness (QED) is 0.930. The zero-order chi connectivity index (χ0) is 15.5. The summed E-state index contributed by atoms with van der Waals surface area (Å²) in [6, 6.07) is 2.08. The number of aliphatic hydroxyl groups excluding tert-OH is 1. The molecule has 0 spiro atoms. The zero-order valence-electron chi connectivity index (χ0n) is 13.2. The van der Waals surface area contributed by atoms with Gasteiger partial charge in [0, 0.05) is 37.1 Å². The predicted molar refractivity (Wildman–Crippen MR) is 85.0 cm³/mol. The molecule has 0 amide bonds. The highest BCUT2D eigenvalue weighted by Gasteiger charge is 2.24. The molecule has 3 heterocycles. The molecule has 1 fully saturated rings. The summed E-state index contributed by atoms with van der Waals surface area (Å²) in [5, 5.41) is 13.4. The Labute approximate surface area is 130 Å². The minimum atomic E-state index is 0.131. The van der Waals surface area contributed by atoms with Crippen LogP contribution in [0.4, 0.5) is 5.82 Å². The van der Waals surface area contributed by atoms with E-state index in [-0.39, 0.29) is 6.61 Å². The molecule has 1 aliphatic rings. The van der Waals surface area contributed by atoms with Gasteiger partial charge in [0.05, 0.1) is 24.5 Å². The van der Waals surface area contributed by atoms with Gasteiger partial charge in [-0.25, -0.2) is 4.98 Å². The van der Waals surface area contributed by atoms with Crippen LogP contribution in [0, 0.1) is 13.8 Å². The van der Waals surface area contributed by atoms with Gasteiger partial charge < -0.3 is 10.0 Å². The molecule has 6 heteroatoms. The topological polar surface area (TPSA) is 67.1 Å². The fraction of sp³-hybridized carbons (Fsp3) is 0.562. The van der Waals surface area contributed by atoms with Crippen molar-refractivity contribution in [1.29, 1.82) is 0 Å². The molecule has 1 aliphatic heterocycles. The summed E-state index contributed by atoms with van der Waals surface area (Å²) in [6.45, 7) is 6.67. The van der Waals surface area contributed by atoms with Gasteiger partial charge in [-0.05, 0) is 32.8 Å². The number of aliphatic hydroxyl groups is 1. The number of piperidine rings is 1. The van der Waals surface area contributed by atoms with E-state index >= 15 is 0 Å². The number of aromatic nitrogens is 4. The summed E-state index contributed by atoms with van der Waals surface area (Å²) < 4.78 is 1.93. The number of anilines is 1. The molecule has 6 nitrogen and oxygen atoms in total. The van der Waals surface area contributed by atoms with Crippen LogP contribution in [0.15, 0.2) is 18.5 Å². The monoisotopic (exact) mass is 301 g/mol. The van der Waals surface area contributed by atoms with Crippen molar-refractivity contribution >= 4 is 5.82 Å². The Hall–Kier alpha value is -1.95. The third kappa shape index (κ3) is 2.97. The van der Waals surface area contributed by atoms with E-state index in [0.717, 1.165) is 43.1 Å². The van der Waals surface area contributed by atoms with Gasteiger partial charge in [0.15, 0.2) is 0 Å². The minimum Gasteiger partial charge on any atom is -0.394 e. The first-order chi connectivity index (χ1) is 10.7. The molecular weight excluding hydrogens is 278 g/mol. The Morgan fingerprint density at radius 2 is 2.05 bits per heavy atom. The highest BCUT2D eigenvalue weighted by atomic mass is 16.3. The summed E-state index contributed by atoms with van der Waals surface area (Å²) in [4.78, 5) is 11.4. The lowest BCUT2D eigenvalue weighted by molar-refractivity contribution is 0.265. The zero-order valence-corrected chi connectivity index (χ0v) is 13.2. The van der Waals surface area contributed by atoms with Crippen LogP contribution in [-0.2, 0) is 6.54 Å². The van der Waals surface area contributed by atoms with Crippen LogP contribution in [0.2, 0.25) is 0 Å². The van der Waals surface area contributed by atoms with Gasteiger partial charge in [0.1, 0.15) is 5.82 Å². The van der Waals surface area contributed by atoms with Gasteiger partial charge in [-0.2, -0.15) is 5.10 Å². The first-order valence-corrected chi connectivity index (χ1v) is 7.87. The number of nitrogens with zero attached hydrogens (tertiary/aromatic N) is 5. The maximum atomic E-state index is 9.12. The van der Waals surface area contributed by atoms with Crippen LogP contribution in [0.1, 0.15) is 35.8 Å². The van der Waals surface area contributed by atoms with Crippen LogP contribution in [0.3, 0.4) is 0 Å². The first-order valence-electron chi connectivity index (χ1n) is 7.87. The molecule has 0 aliphatic carbocycles. The fourth-order valence-corrected chi connectivity index (χ4v) is 3.18. The van der Waals surface area contributed by atoms with Crippen molar-refractivity contribution in [3.05, 3.63) is 35.5 Å². The maximum absolute atomic E-state index is 9.12. The molecule has 0 atom stereocenters. The van der Waals surface area contributed by atoms with E-state index in [2.05, 4.69) is 26.0 Å². The van der Waals surface area contributed by atoms with Crippen molar-refractivity contribution in [3.8, 4) is 0 Å². The summed E-state index contributed by atoms with van der Waals surface area (Å²) in [7, 11) is 0. The van der Waals surface area contributed by atoms with Crippen LogP contribution in [-0.4, -0.2) is 44.6 Å². The SMILES string of the molecule is Cc1cnc(C)c(N2CCC(c3ccnn3CCO)CC2)n1. The van der Waals surface area contributed by atoms with Crippen molar-refractivity contribution in [3.63, 3.8) is 0 Å². The van der Waals surface area contributed by atoms with Crippen LogP contribution < -0.4 is 4.90 Å². The molecule has 0 radical (unpaired) electrons. The second kappa shape index (κ2) is 6.44. The molecule has 22 heavy (non-hydrogen) atoms. The highest BCUT2D eigenvalue weighted by Crippen LogP contribution is 2.30. The number of hydrogen-bond acceptors (Lipinski definition) is 5. The van der Waals surface area contributed by atoms with Crippen molar-refractivity contribution in [2.24, 2.45) is 0 Å². The molecule has 0 unspecified atom stereocenters. The summed E-state index contributed by atoms with van der Waals surface area (Å²) in [5.74, 6) is 1.52. The average molecular weight is 301 g/mol. The third-order valence-electron chi connectivity index (χ3n) is 4.32. The van der Waals surface area contributed by atoms with Gasteiger partial charge in [-0.1, -0.05) is 0 Å². The Kier molecular flexibility index (Phi) is 4.38. The van der Waals surface area contributed by atoms with E-state index in [1.165, 1.54) is 5.69 Å². The van der Waals surface area contributed by atoms with Gasteiger partial charge in [-0.15, -0.1) is 0 Å². The molecule has 2 aromatic heterocycles. The average Bonchev–Trinajstić information content (AvgIpc) is 2.99. The van der Waals surface area contributed by atoms with Crippen LogP contribution >= 0.6 is 0 Å². The van der Waals surface area contributed by atoms with E-state index in [1.54, 1.807) is 0 Å². The molecular formula is C16H23N5O. The Bertz CT molecular complexity index is 631. The maximum Gasteiger partial charge on any atom is 0.150 e. The van der Waals surface area contributed by atoms with Crippen molar-refractivity contribution in [2.45, 2.75) is 39.2 Å². The van der Waals surface area contributed by atoms with Gasteiger partial charge in [0.25, 0.3) is 0 Å². The van der Waals surface area contributed by atoms with E-state index < -0.39 is 0 Å². The standard InChI is InChI=1S/C16H23N5O/c1-12-11-17-13(2)16(19-12)20-7-4-14(5-8-20)15-3-6-18-21(15)9-10-22/h3,6,11,14,22H,4-5,7-10H2,1-2H3. The van der Waals surface area contributed by atoms with E-state index in [4.69, 9.17) is 5.11 Å². The largest absolute Gasteiger partial charge is 0.394 e. The Balaban J connectivity index is 1.70. The molecule has 0 bridgehead atoms. The molecule has 1 N–H and O–H groups in total. The van der Waals surface area contributed by atoms with E-state index in [9.17, 15) is 0 Å². The smallest absolute Gasteiger partial charge is 0.150 e. The summed E-state index contributed by atoms with van der Waals surface area (Å²) >= 11 is 0. The summed E-state index contributed by atoms with van der Waals surface area (Å²) in [5.41, 5.74) is 3.19. The molecule has 3 rings (SSSR count). The minimum absolute atomic E-state index is 0.131. The lowest BCUT2D eigenvalue weighted by Crippen LogP contribution is -2.35. The number of aryl methyl sites for hydroxylation is 2. The summed E-state index contributed by atoms with van der Waals surface area (Å²) in [6.07, 6.45) is 5.80. The molecule has 2 aromatic rings. The van der Waals surface area contributed by atoms with Crippen LogP contribution in [0.5, 0.6) is 0 Å². The van der Waals surface area contributed by atoms with Crippen molar-refractivity contribution in [1.82, 2.24) is 19.7 Å². The molecule has 1 saturated heterocycles. The fourth-order valence-electron chi connectivity index (χ4n) is 3.18. The lowest BCUT2D eigenvalue weighted by Gasteiger charge is -2.33. The molecule has 118 valence electrons. The van der Waals surface area contributed by atoms with Gasteiger partial charge >= 0.3 is 0 Å². The molecule has 0 saturated carbocycles. The second-order valence-corrected chi connectivity index (χ2v) is 5.88. The van der Waals surface area contributed by atoms with E-state index in [1.807, 2.05) is 30.9 Å².